The van der Waals surface area contributed by atoms with Crippen LogP contribution in [0.1, 0.15) is 12.8 Å². The van der Waals surface area contributed by atoms with E-state index in [0.29, 0.717) is 11.0 Å². The lowest BCUT2D eigenvalue weighted by molar-refractivity contribution is 0.342. The van der Waals surface area contributed by atoms with Crippen LogP contribution in [0.2, 0.25) is 0 Å². The Labute approximate surface area is 109 Å². The van der Waals surface area contributed by atoms with E-state index < -0.39 is 0 Å². The van der Waals surface area contributed by atoms with Crippen LogP contribution in [0.4, 0.5) is 10.3 Å². The summed E-state index contributed by atoms with van der Waals surface area (Å²) in [5, 5.41) is 13.7. The lowest BCUT2D eigenvalue weighted by atomic mass is 9.97. The first kappa shape index (κ1) is 11.5. The molecule has 0 unspecified atom stereocenters. The third-order valence-electron chi connectivity index (χ3n) is 3.32. The number of nitrogen functional groups attached to an aromatic ring is 1. The first-order chi connectivity index (χ1) is 8.81. The van der Waals surface area contributed by atoms with Crippen LogP contribution < -0.4 is 10.6 Å². The van der Waals surface area contributed by atoms with Crippen LogP contribution in [-0.4, -0.2) is 33.1 Å². The summed E-state index contributed by atoms with van der Waals surface area (Å²) in [5.74, 6) is 0.700. The Morgan fingerprint density at radius 3 is 2.78 bits per heavy atom. The Bertz CT molecular complexity index is 485. The van der Waals surface area contributed by atoms with Crippen molar-refractivity contribution in [3.05, 3.63) is 18.5 Å². The summed E-state index contributed by atoms with van der Waals surface area (Å²) in [6.07, 6.45) is 6.19. The standard InChI is InChI=1S/C11H16N6S/c12-10-14-15-11(18-10)16-6-2-9(3-7-16)8-17-5-1-4-13-17/h1,4-5,9H,2-3,6-8H2,(H2,12,14). The molecule has 18 heavy (non-hydrogen) atoms. The van der Waals surface area contributed by atoms with Crippen LogP contribution in [-0.2, 0) is 6.54 Å². The van der Waals surface area contributed by atoms with Gasteiger partial charge in [0.15, 0.2) is 0 Å². The molecule has 0 saturated carbocycles. The fourth-order valence-corrected chi connectivity index (χ4v) is 3.00. The second-order valence-corrected chi connectivity index (χ2v) is 5.57. The number of aromatic nitrogens is 4. The zero-order valence-electron chi connectivity index (χ0n) is 10.1. The molecular weight excluding hydrogens is 248 g/mol. The van der Waals surface area contributed by atoms with Crippen molar-refractivity contribution in [3.8, 4) is 0 Å². The van der Waals surface area contributed by atoms with E-state index in [9.17, 15) is 0 Å². The van der Waals surface area contributed by atoms with Gasteiger partial charge in [0.1, 0.15) is 0 Å². The van der Waals surface area contributed by atoms with Gasteiger partial charge in [-0.15, -0.1) is 10.2 Å². The van der Waals surface area contributed by atoms with Crippen LogP contribution in [0.3, 0.4) is 0 Å². The van der Waals surface area contributed by atoms with E-state index in [1.807, 2.05) is 23.1 Å². The summed E-state index contributed by atoms with van der Waals surface area (Å²) >= 11 is 1.46. The van der Waals surface area contributed by atoms with E-state index in [1.54, 1.807) is 0 Å². The number of hydrogen-bond acceptors (Lipinski definition) is 6. The number of rotatable bonds is 3. The fourth-order valence-electron chi connectivity index (χ4n) is 2.33. The normalized spacial score (nSPS) is 17.2. The lowest BCUT2D eigenvalue weighted by Gasteiger charge is -2.31. The molecule has 1 aliphatic rings. The molecule has 1 aliphatic heterocycles. The van der Waals surface area contributed by atoms with Crippen LogP contribution >= 0.6 is 11.3 Å². The van der Waals surface area contributed by atoms with Gasteiger partial charge in [-0.05, 0) is 24.8 Å². The van der Waals surface area contributed by atoms with Crippen molar-refractivity contribution in [1.82, 2.24) is 20.0 Å². The SMILES string of the molecule is Nc1nnc(N2CCC(Cn3cccn3)CC2)s1. The monoisotopic (exact) mass is 264 g/mol. The fraction of sp³-hybridized carbons (Fsp3) is 0.545. The highest BCUT2D eigenvalue weighted by Crippen LogP contribution is 2.27. The van der Waals surface area contributed by atoms with Gasteiger partial charge in [-0.1, -0.05) is 11.3 Å². The largest absolute Gasteiger partial charge is 0.374 e. The molecule has 0 spiro atoms. The van der Waals surface area contributed by atoms with E-state index in [2.05, 4.69) is 20.2 Å². The number of anilines is 2. The molecule has 2 aromatic heterocycles. The summed E-state index contributed by atoms with van der Waals surface area (Å²) in [6.45, 7) is 3.07. The Morgan fingerprint density at radius 1 is 1.33 bits per heavy atom. The van der Waals surface area contributed by atoms with E-state index in [-0.39, 0.29) is 0 Å². The van der Waals surface area contributed by atoms with E-state index in [0.717, 1.165) is 24.8 Å². The highest BCUT2D eigenvalue weighted by atomic mass is 32.1. The van der Waals surface area contributed by atoms with Gasteiger partial charge in [0.05, 0.1) is 0 Å². The first-order valence-electron chi connectivity index (χ1n) is 6.12. The molecule has 2 aromatic rings. The smallest absolute Gasteiger partial charge is 0.209 e. The summed E-state index contributed by atoms with van der Waals surface area (Å²) in [4.78, 5) is 2.27. The molecule has 0 aliphatic carbocycles. The summed E-state index contributed by atoms with van der Waals surface area (Å²) in [7, 11) is 0. The molecule has 0 atom stereocenters. The van der Waals surface area contributed by atoms with Crippen LogP contribution in [0.25, 0.3) is 0 Å². The molecule has 7 heteroatoms. The summed E-state index contributed by atoms with van der Waals surface area (Å²) in [6, 6.07) is 1.97. The van der Waals surface area contributed by atoms with Gasteiger partial charge < -0.3 is 10.6 Å². The van der Waals surface area contributed by atoms with Crippen molar-refractivity contribution in [2.75, 3.05) is 23.7 Å². The van der Waals surface area contributed by atoms with Gasteiger partial charge in [-0.25, -0.2) is 0 Å². The Balaban J connectivity index is 1.55. The maximum Gasteiger partial charge on any atom is 0.209 e. The quantitative estimate of drug-likeness (QED) is 0.902. The molecule has 1 saturated heterocycles. The molecule has 3 heterocycles. The Hall–Kier alpha value is -1.63. The maximum absolute atomic E-state index is 5.61. The lowest BCUT2D eigenvalue weighted by Crippen LogP contribution is -2.35. The molecule has 0 bridgehead atoms. The zero-order chi connectivity index (χ0) is 12.4. The molecule has 96 valence electrons. The second-order valence-electron chi connectivity index (χ2n) is 4.58. The Kier molecular flexibility index (Phi) is 3.14. The van der Waals surface area contributed by atoms with Crippen molar-refractivity contribution < 1.29 is 0 Å². The van der Waals surface area contributed by atoms with Gasteiger partial charge in [0, 0.05) is 32.0 Å². The molecular formula is C11H16N6S. The van der Waals surface area contributed by atoms with Gasteiger partial charge >= 0.3 is 0 Å². The minimum Gasteiger partial charge on any atom is -0.374 e. The molecule has 0 radical (unpaired) electrons. The number of nitrogens with zero attached hydrogens (tertiary/aromatic N) is 5. The molecule has 6 nitrogen and oxygen atoms in total. The number of hydrogen-bond donors (Lipinski definition) is 1. The van der Waals surface area contributed by atoms with E-state index in [4.69, 9.17) is 5.73 Å². The third kappa shape index (κ3) is 2.45. The van der Waals surface area contributed by atoms with E-state index in [1.165, 1.54) is 24.2 Å². The van der Waals surface area contributed by atoms with Crippen LogP contribution in [0, 0.1) is 5.92 Å². The van der Waals surface area contributed by atoms with Crippen LogP contribution in [0.15, 0.2) is 18.5 Å². The van der Waals surface area contributed by atoms with Crippen molar-refractivity contribution in [2.45, 2.75) is 19.4 Å². The molecule has 3 rings (SSSR count). The van der Waals surface area contributed by atoms with Crippen molar-refractivity contribution >= 4 is 21.6 Å². The molecule has 1 fully saturated rings. The predicted octanol–water partition coefficient (Wildman–Crippen LogP) is 1.23. The predicted molar refractivity (Wildman–Crippen MR) is 71.5 cm³/mol. The second kappa shape index (κ2) is 4.93. The summed E-state index contributed by atoms with van der Waals surface area (Å²) in [5.41, 5.74) is 5.61. The highest BCUT2D eigenvalue weighted by Gasteiger charge is 2.21. The third-order valence-corrected chi connectivity index (χ3v) is 4.13. The highest BCUT2D eigenvalue weighted by molar-refractivity contribution is 7.18. The average Bonchev–Trinajstić information content (AvgIpc) is 3.02. The van der Waals surface area contributed by atoms with Crippen LogP contribution in [0.5, 0.6) is 0 Å². The van der Waals surface area contributed by atoms with Crippen molar-refractivity contribution in [3.63, 3.8) is 0 Å². The summed E-state index contributed by atoms with van der Waals surface area (Å²) < 4.78 is 2.02. The van der Waals surface area contributed by atoms with E-state index >= 15 is 0 Å². The van der Waals surface area contributed by atoms with Gasteiger partial charge in [-0.3, -0.25) is 4.68 Å². The van der Waals surface area contributed by atoms with Gasteiger partial charge in [0.25, 0.3) is 0 Å². The van der Waals surface area contributed by atoms with Gasteiger partial charge in [0.2, 0.25) is 10.3 Å². The Morgan fingerprint density at radius 2 is 2.17 bits per heavy atom. The van der Waals surface area contributed by atoms with Gasteiger partial charge in [-0.2, -0.15) is 5.10 Å². The van der Waals surface area contributed by atoms with Crippen molar-refractivity contribution in [2.24, 2.45) is 5.92 Å². The molecule has 0 aromatic carbocycles. The minimum absolute atomic E-state index is 0.545. The van der Waals surface area contributed by atoms with Crippen molar-refractivity contribution in [1.29, 1.82) is 0 Å². The average molecular weight is 264 g/mol. The topological polar surface area (TPSA) is 72.9 Å². The number of nitrogens with two attached hydrogens (primary N) is 1. The zero-order valence-corrected chi connectivity index (χ0v) is 10.9. The number of piperidine rings is 1. The minimum atomic E-state index is 0.545. The molecule has 0 amide bonds. The maximum atomic E-state index is 5.61. The first-order valence-corrected chi connectivity index (χ1v) is 6.94. The molecule has 2 N–H and O–H groups in total.